The van der Waals surface area contributed by atoms with Gasteiger partial charge in [-0.3, -0.25) is 4.79 Å². The molecule has 0 aliphatic heterocycles. The molecule has 1 aromatic heterocycles. The van der Waals surface area contributed by atoms with Crippen LogP contribution in [0.25, 0.3) is 11.0 Å². The van der Waals surface area contributed by atoms with E-state index >= 15 is 0 Å². The average Bonchev–Trinajstić information content (AvgIpc) is 2.26. The van der Waals surface area contributed by atoms with E-state index in [1.807, 2.05) is 0 Å². The molecule has 0 fully saturated rings. The second-order valence-corrected chi connectivity index (χ2v) is 3.91. The lowest BCUT2D eigenvalue weighted by Crippen LogP contribution is -2.19. The zero-order valence-corrected chi connectivity index (χ0v) is 9.51. The van der Waals surface area contributed by atoms with Crippen LogP contribution >= 0.6 is 11.6 Å². The van der Waals surface area contributed by atoms with E-state index in [0.29, 0.717) is 5.02 Å². The van der Waals surface area contributed by atoms with Crippen LogP contribution in [-0.4, -0.2) is 12.8 Å². The molecule has 0 saturated heterocycles. The minimum absolute atomic E-state index is 0.115. The Kier molecular flexibility index (Phi) is 3.21. The Labute approximate surface area is 104 Å². The van der Waals surface area contributed by atoms with Crippen LogP contribution in [0.5, 0.6) is 5.95 Å². The largest absolute Gasteiger partial charge is 0.455 e. The molecular formula is C11H6ClF3O3. The van der Waals surface area contributed by atoms with Crippen LogP contribution in [-0.2, 0) is 0 Å². The lowest BCUT2D eigenvalue weighted by atomic mass is 10.2. The third kappa shape index (κ3) is 2.95. The lowest BCUT2D eigenvalue weighted by Gasteiger charge is -2.08. The monoisotopic (exact) mass is 278 g/mol. The minimum atomic E-state index is -4.49. The maximum Gasteiger partial charge on any atom is 0.422 e. The van der Waals surface area contributed by atoms with Gasteiger partial charge in [0.25, 0.3) is 5.95 Å². The maximum absolute atomic E-state index is 11.9. The van der Waals surface area contributed by atoms with Gasteiger partial charge in [0, 0.05) is 5.02 Å². The fourth-order valence-corrected chi connectivity index (χ4v) is 1.50. The third-order valence-electron chi connectivity index (χ3n) is 2.04. The Bertz CT molecular complexity index is 633. The smallest absolute Gasteiger partial charge is 0.422 e. The van der Waals surface area contributed by atoms with Crippen LogP contribution in [0, 0.1) is 0 Å². The molecule has 0 bridgehead atoms. The van der Waals surface area contributed by atoms with Gasteiger partial charge in [0.15, 0.2) is 12.0 Å². The number of hydrogen-bond donors (Lipinski definition) is 0. The molecule has 0 aliphatic carbocycles. The zero-order chi connectivity index (χ0) is 13.3. The molecule has 0 atom stereocenters. The summed E-state index contributed by atoms with van der Waals surface area (Å²) in [4.78, 5) is 11.6. The fraction of sp³-hybridized carbons (Fsp3) is 0.182. The van der Waals surface area contributed by atoms with Crippen LogP contribution in [0.2, 0.25) is 5.02 Å². The number of rotatable bonds is 2. The van der Waals surface area contributed by atoms with E-state index in [0.717, 1.165) is 6.07 Å². The van der Waals surface area contributed by atoms with Crippen molar-refractivity contribution in [1.29, 1.82) is 0 Å². The highest BCUT2D eigenvalue weighted by Crippen LogP contribution is 2.22. The van der Waals surface area contributed by atoms with Crippen molar-refractivity contribution in [3.63, 3.8) is 0 Å². The predicted molar refractivity (Wildman–Crippen MR) is 59.0 cm³/mol. The highest BCUT2D eigenvalue weighted by molar-refractivity contribution is 6.31. The number of hydrogen-bond acceptors (Lipinski definition) is 3. The summed E-state index contributed by atoms with van der Waals surface area (Å²) in [6.45, 7) is -1.52. The van der Waals surface area contributed by atoms with Gasteiger partial charge in [-0.25, -0.2) is 0 Å². The van der Waals surface area contributed by atoms with Crippen LogP contribution < -0.4 is 10.2 Å². The van der Waals surface area contributed by atoms with Crippen LogP contribution in [0.15, 0.2) is 33.5 Å². The van der Waals surface area contributed by atoms with Gasteiger partial charge >= 0.3 is 6.18 Å². The van der Waals surface area contributed by atoms with Crippen molar-refractivity contribution in [3.05, 3.63) is 39.5 Å². The molecule has 96 valence electrons. The first-order chi connectivity index (χ1) is 8.35. The van der Waals surface area contributed by atoms with Crippen molar-refractivity contribution in [1.82, 2.24) is 0 Å². The molecule has 0 saturated carbocycles. The van der Waals surface area contributed by atoms with Crippen molar-refractivity contribution < 1.29 is 22.3 Å². The molecular weight excluding hydrogens is 273 g/mol. The Morgan fingerprint density at radius 1 is 1.28 bits per heavy atom. The standard InChI is InChI=1S/C11H6ClF3O3/c12-6-1-2-9-7(3-6)8(16)4-10(18-9)17-5-11(13,14)15/h1-4H,5H2. The Morgan fingerprint density at radius 2 is 2.00 bits per heavy atom. The molecule has 18 heavy (non-hydrogen) atoms. The van der Waals surface area contributed by atoms with E-state index in [1.54, 1.807) is 0 Å². The van der Waals surface area contributed by atoms with Gasteiger partial charge < -0.3 is 9.15 Å². The highest BCUT2D eigenvalue weighted by Gasteiger charge is 2.29. The van der Waals surface area contributed by atoms with Crippen molar-refractivity contribution in [2.45, 2.75) is 6.18 Å². The van der Waals surface area contributed by atoms with Gasteiger partial charge in [-0.05, 0) is 18.2 Å². The van der Waals surface area contributed by atoms with Crippen LogP contribution in [0.3, 0.4) is 0 Å². The number of fused-ring (bicyclic) bond motifs is 1. The van der Waals surface area contributed by atoms with Gasteiger partial charge in [-0.15, -0.1) is 0 Å². The van der Waals surface area contributed by atoms with E-state index in [4.69, 9.17) is 16.0 Å². The summed E-state index contributed by atoms with van der Waals surface area (Å²) in [5.74, 6) is -0.479. The van der Waals surface area contributed by atoms with Crippen molar-refractivity contribution in [3.8, 4) is 5.95 Å². The second-order valence-electron chi connectivity index (χ2n) is 3.47. The maximum atomic E-state index is 11.9. The average molecular weight is 279 g/mol. The lowest BCUT2D eigenvalue weighted by molar-refractivity contribution is -0.156. The highest BCUT2D eigenvalue weighted by atomic mass is 35.5. The molecule has 0 radical (unpaired) electrons. The van der Waals surface area contributed by atoms with Gasteiger partial charge in [-0.2, -0.15) is 13.2 Å². The predicted octanol–water partition coefficient (Wildman–Crippen LogP) is 3.39. The fourth-order valence-electron chi connectivity index (χ4n) is 1.33. The summed E-state index contributed by atoms with van der Waals surface area (Å²) in [6.07, 6.45) is -4.49. The van der Waals surface area contributed by atoms with Gasteiger partial charge in [0.1, 0.15) is 5.58 Å². The van der Waals surface area contributed by atoms with E-state index < -0.39 is 24.2 Å². The molecule has 1 aromatic carbocycles. The topological polar surface area (TPSA) is 39.4 Å². The Morgan fingerprint density at radius 3 is 2.67 bits per heavy atom. The van der Waals surface area contributed by atoms with Crippen LogP contribution in [0.1, 0.15) is 0 Å². The van der Waals surface area contributed by atoms with E-state index in [-0.39, 0.29) is 11.0 Å². The van der Waals surface area contributed by atoms with E-state index in [9.17, 15) is 18.0 Å². The van der Waals surface area contributed by atoms with Crippen LogP contribution in [0.4, 0.5) is 13.2 Å². The molecule has 3 nitrogen and oxygen atoms in total. The van der Waals surface area contributed by atoms with E-state index in [2.05, 4.69) is 4.74 Å². The molecule has 2 rings (SSSR count). The normalized spacial score (nSPS) is 11.8. The van der Waals surface area contributed by atoms with Crippen molar-refractivity contribution >= 4 is 22.6 Å². The number of ether oxygens (including phenoxy) is 1. The molecule has 1 heterocycles. The molecule has 0 amide bonds. The summed E-state index contributed by atoms with van der Waals surface area (Å²) in [5, 5.41) is 0.514. The SMILES string of the molecule is O=c1cc(OCC(F)(F)F)oc2ccc(Cl)cc12. The Balaban J connectivity index is 2.38. The summed E-state index contributed by atoms with van der Waals surface area (Å²) < 4.78 is 45.2. The zero-order valence-electron chi connectivity index (χ0n) is 8.75. The number of benzene rings is 1. The molecule has 2 aromatic rings. The first kappa shape index (κ1) is 12.8. The number of alkyl halides is 3. The molecule has 0 spiro atoms. The second kappa shape index (κ2) is 4.53. The van der Waals surface area contributed by atoms with E-state index in [1.165, 1.54) is 18.2 Å². The summed E-state index contributed by atoms with van der Waals surface area (Å²) in [6, 6.07) is 5.07. The summed E-state index contributed by atoms with van der Waals surface area (Å²) >= 11 is 5.69. The van der Waals surface area contributed by atoms with Gasteiger partial charge in [-0.1, -0.05) is 11.6 Å². The summed E-state index contributed by atoms with van der Waals surface area (Å²) in [5.41, 5.74) is -0.403. The van der Waals surface area contributed by atoms with Gasteiger partial charge in [0.2, 0.25) is 0 Å². The molecule has 0 N–H and O–H groups in total. The Hall–Kier alpha value is -1.69. The molecule has 0 unspecified atom stereocenters. The minimum Gasteiger partial charge on any atom is -0.455 e. The van der Waals surface area contributed by atoms with Crippen molar-refractivity contribution in [2.24, 2.45) is 0 Å². The third-order valence-corrected chi connectivity index (χ3v) is 2.28. The molecule has 0 aliphatic rings. The molecule has 7 heteroatoms. The quantitative estimate of drug-likeness (QED) is 0.845. The van der Waals surface area contributed by atoms with Gasteiger partial charge in [0.05, 0.1) is 11.5 Å². The first-order valence-corrected chi connectivity index (χ1v) is 5.16. The van der Waals surface area contributed by atoms with Crippen molar-refractivity contribution in [2.75, 3.05) is 6.61 Å². The first-order valence-electron chi connectivity index (χ1n) is 4.78. The number of halogens is 4. The summed E-state index contributed by atoms with van der Waals surface area (Å²) in [7, 11) is 0.